The minimum absolute atomic E-state index is 0. The van der Waals surface area contributed by atoms with E-state index in [1.54, 1.807) is 31.2 Å². The zero-order chi connectivity index (χ0) is 16.3. The van der Waals surface area contributed by atoms with Gasteiger partial charge in [-0.25, -0.2) is 13.6 Å². The summed E-state index contributed by atoms with van der Waals surface area (Å²) in [5.41, 5.74) is 1.17. The van der Waals surface area contributed by atoms with Crippen molar-refractivity contribution in [3.63, 3.8) is 0 Å². The van der Waals surface area contributed by atoms with Gasteiger partial charge in [0.15, 0.2) is 0 Å². The normalized spacial score (nSPS) is 20.3. The first-order valence-corrected chi connectivity index (χ1v) is 6.92. The molecule has 1 aliphatic heterocycles. The summed E-state index contributed by atoms with van der Waals surface area (Å²) in [4.78, 5) is 23.3. The van der Waals surface area contributed by atoms with Gasteiger partial charge in [0.1, 0.15) is 0 Å². The minimum atomic E-state index is -2.84. The predicted octanol–water partition coefficient (Wildman–Crippen LogP) is 2.07. The lowest BCUT2D eigenvalue weighted by Gasteiger charge is -2.17. The molecule has 0 aromatic heterocycles. The Morgan fingerprint density at radius 1 is 1.35 bits per heavy atom. The van der Waals surface area contributed by atoms with Crippen molar-refractivity contribution in [2.45, 2.75) is 31.4 Å². The minimum Gasteiger partial charge on any atom is -0.465 e. The van der Waals surface area contributed by atoms with E-state index < -0.39 is 36.8 Å². The smallest absolute Gasteiger partial charge is 0.337 e. The molecule has 0 bridgehead atoms. The topological polar surface area (TPSA) is 67.4 Å². The van der Waals surface area contributed by atoms with Crippen LogP contribution in [-0.4, -0.2) is 37.5 Å². The second-order valence-corrected chi connectivity index (χ2v) is 5.34. The van der Waals surface area contributed by atoms with Gasteiger partial charge in [0.05, 0.1) is 31.3 Å². The maximum Gasteiger partial charge on any atom is 0.337 e. The molecule has 5 nitrogen and oxygen atoms in total. The Morgan fingerprint density at radius 2 is 1.96 bits per heavy atom. The fourth-order valence-corrected chi connectivity index (χ4v) is 2.32. The molecule has 0 saturated carbocycles. The van der Waals surface area contributed by atoms with Crippen LogP contribution in [-0.2, 0) is 9.53 Å². The van der Waals surface area contributed by atoms with E-state index in [-0.39, 0.29) is 18.4 Å². The van der Waals surface area contributed by atoms with Crippen molar-refractivity contribution in [1.29, 1.82) is 0 Å². The molecule has 1 aromatic rings. The van der Waals surface area contributed by atoms with Crippen LogP contribution in [0.3, 0.4) is 0 Å². The van der Waals surface area contributed by atoms with Crippen molar-refractivity contribution in [3.8, 4) is 0 Å². The lowest BCUT2D eigenvalue weighted by molar-refractivity contribution is -0.124. The summed E-state index contributed by atoms with van der Waals surface area (Å²) in [6, 6.07) is 5.32. The summed E-state index contributed by atoms with van der Waals surface area (Å²) in [6.45, 7) is 1.27. The number of benzene rings is 1. The highest BCUT2D eigenvalue weighted by atomic mass is 35.5. The van der Waals surface area contributed by atoms with Crippen molar-refractivity contribution in [2.75, 3.05) is 13.7 Å². The van der Waals surface area contributed by atoms with Gasteiger partial charge >= 0.3 is 5.97 Å². The summed E-state index contributed by atoms with van der Waals surface area (Å²) in [5, 5.41) is 5.20. The summed E-state index contributed by atoms with van der Waals surface area (Å²) in [7, 11) is 1.30. The number of ether oxygens (including phenoxy) is 1. The molecule has 1 aliphatic rings. The molecule has 2 atom stereocenters. The third-order valence-corrected chi connectivity index (χ3v) is 3.62. The lowest BCUT2D eigenvalue weighted by Crippen LogP contribution is -2.41. The molecule has 0 spiro atoms. The van der Waals surface area contributed by atoms with E-state index in [1.165, 1.54) is 7.11 Å². The molecule has 1 fully saturated rings. The summed E-state index contributed by atoms with van der Waals surface area (Å²) >= 11 is 0. The number of amides is 1. The SMILES string of the molecule is COC(=O)c1ccc([C@H](C)NC(=O)[C@H]2CC(F)(F)CN2)cc1.Cl. The largest absolute Gasteiger partial charge is 0.465 e. The van der Waals surface area contributed by atoms with E-state index in [1.807, 2.05) is 0 Å². The Balaban J connectivity index is 0.00000264. The molecule has 2 N–H and O–H groups in total. The number of carbonyl (C=O) groups is 2. The Kier molecular flexibility index (Phi) is 6.47. The van der Waals surface area contributed by atoms with Crippen molar-refractivity contribution in [2.24, 2.45) is 0 Å². The molecule has 2 rings (SSSR count). The average molecular weight is 349 g/mol. The number of hydrogen-bond acceptors (Lipinski definition) is 4. The lowest BCUT2D eigenvalue weighted by atomic mass is 10.1. The standard InChI is InChI=1S/C15H18F2N2O3.ClH/c1-9(10-3-5-11(6-4-10)14(21)22-2)19-13(20)12-7-15(16,17)8-18-12;/h3-6,9,12,18H,7-8H2,1-2H3,(H,19,20);1H/t9-,12+;/m0./s1. The monoisotopic (exact) mass is 348 g/mol. The van der Waals surface area contributed by atoms with Gasteiger partial charge in [-0.15, -0.1) is 12.4 Å². The zero-order valence-corrected chi connectivity index (χ0v) is 13.6. The van der Waals surface area contributed by atoms with Crippen molar-refractivity contribution in [3.05, 3.63) is 35.4 Å². The molecular formula is C15H19ClF2N2O3. The predicted molar refractivity (Wildman–Crippen MR) is 82.9 cm³/mol. The number of hydrogen-bond donors (Lipinski definition) is 2. The van der Waals surface area contributed by atoms with Crippen LogP contribution in [0.5, 0.6) is 0 Å². The van der Waals surface area contributed by atoms with Crippen LogP contribution in [0.15, 0.2) is 24.3 Å². The van der Waals surface area contributed by atoms with Gasteiger partial charge < -0.3 is 10.1 Å². The number of esters is 1. The highest BCUT2D eigenvalue weighted by molar-refractivity contribution is 5.89. The molecular weight excluding hydrogens is 330 g/mol. The first-order valence-electron chi connectivity index (χ1n) is 6.92. The molecule has 23 heavy (non-hydrogen) atoms. The highest BCUT2D eigenvalue weighted by Gasteiger charge is 2.42. The maximum absolute atomic E-state index is 13.1. The average Bonchev–Trinajstić information content (AvgIpc) is 2.86. The summed E-state index contributed by atoms with van der Waals surface area (Å²) in [6.07, 6.45) is -0.493. The third kappa shape index (κ3) is 4.87. The number of carbonyl (C=O) groups excluding carboxylic acids is 2. The Labute approximate surface area is 139 Å². The number of methoxy groups -OCH3 is 1. The number of rotatable bonds is 4. The first kappa shape index (κ1) is 19.3. The second kappa shape index (κ2) is 7.70. The highest BCUT2D eigenvalue weighted by Crippen LogP contribution is 2.25. The van der Waals surface area contributed by atoms with Gasteiger partial charge in [0.2, 0.25) is 5.91 Å². The van der Waals surface area contributed by atoms with E-state index in [0.717, 1.165) is 5.56 Å². The molecule has 1 aromatic carbocycles. The van der Waals surface area contributed by atoms with Gasteiger partial charge in [-0.05, 0) is 24.6 Å². The van der Waals surface area contributed by atoms with E-state index >= 15 is 0 Å². The van der Waals surface area contributed by atoms with Crippen LogP contribution in [0.1, 0.15) is 35.3 Å². The van der Waals surface area contributed by atoms with E-state index in [4.69, 9.17) is 0 Å². The number of alkyl halides is 2. The van der Waals surface area contributed by atoms with Crippen LogP contribution in [0.2, 0.25) is 0 Å². The summed E-state index contributed by atoms with van der Waals surface area (Å²) < 4.78 is 30.8. The molecule has 1 saturated heterocycles. The molecule has 0 radical (unpaired) electrons. The Bertz CT molecular complexity index is 566. The van der Waals surface area contributed by atoms with Crippen LogP contribution in [0.4, 0.5) is 8.78 Å². The molecule has 0 unspecified atom stereocenters. The van der Waals surface area contributed by atoms with E-state index in [9.17, 15) is 18.4 Å². The molecule has 1 amide bonds. The van der Waals surface area contributed by atoms with Crippen LogP contribution < -0.4 is 10.6 Å². The van der Waals surface area contributed by atoms with Crippen molar-refractivity contribution >= 4 is 24.3 Å². The van der Waals surface area contributed by atoms with Gasteiger partial charge in [-0.1, -0.05) is 12.1 Å². The quantitative estimate of drug-likeness (QED) is 0.817. The molecule has 8 heteroatoms. The van der Waals surface area contributed by atoms with E-state index in [2.05, 4.69) is 15.4 Å². The maximum atomic E-state index is 13.1. The Hall–Kier alpha value is -1.73. The fraction of sp³-hybridized carbons (Fsp3) is 0.467. The molecule has 0 aliphatic carbocycles. The first-order chi connectivity index (χ1) is 10.3. The van der Waals surface area contributed by atoms with Crippen molar-refractivity contribution < 1.29 is 23.1 Å². The van der Waals surface area contributed by atoms with Gasteiger partial charge in [-0.2, -0.15) is 0 Å². The second-order valence-electron chi connectivity index (χ2n) is 5.34. The third-order valence-electron chi connectivity index (χ3n) is 3.62. The van der Waals surface area contributed by atoms with Crippen LogP contribution >= 0.6 is 12.4 Å². The van der Waals surface area contributed by atoms with Crippen molar-refractivity contribution in [1.82, 2.24) is 10.6 Å². The van der Waals surface area contributed by atoms with Crippen LogP contribution in [0.25, 0.3) is 0 Å². The van der Waals surface area contributed by atoms with E-state index in [0.29, 0.717) is 5.56 Å². The zero-order valence-electron chi connectivity index (χ0n) is 12.8. The molecule has 1 heterocycles. The van der Waals surface area contributed by atoms with Crippen LogP contribution in [0, 0.1) is 0 Å². The number of halogens is 3. The van der Waals surface area contributed by atoms with Gasteiger partial charge in [0, 0.05) is 6.42 Å². The molecule has 128 valence electrons. The Morgan fingerprint density at radius 3 is 2.43 bits per heavy atom. The number of nitrogens with one attached hydrogen (secondary N) is 2. The fourth-order valence-electron chi connectivity index (χ4n) is 2.32. The van der Waals surface area contributed by atoms with Gasteiger partial charge in [-0.3, -0.25) is 10.1 Å². The van der Waals surface area contributed by atoms with Gasteiger partial charge in [0.25, 0.3) is 5.92 Å². The summed E-state index contributed by atoms with van der Waals surface area (Å²) in [5.74, 6) is -3.74.